The van der Waals surface area contributed by atoms with Crippen LogP contribution in [-0.4, -0.2) is 24.7 Å². The highest BCUT2D eigenvalue weighted by Gasteiger charge is 2.13. The fourth-order valence-corrected chi connectivity index (χ4v) is 3.54. The highest BCUT2D eigenvalue weighted by atomic mass is 35.5. The minimum atomic E-state index is -0.596. The van der Waals surface area contributed by atoms with Crippen LogP contribution in [0.2, 0.25) is 10.0 Å². The van der Waals surface area contributed by atoms with E-state index < -0.39 is 11.9 Å². The number of halogens is 2. The van der Waals surface area contributed by atoms with Crippen molar-refractivity contribution in [1.29, 1.82) is 0 Å². The summed E-state index contributed by atoms with van der Waals surface area (Å²) in [7, 11) is 0. The molecule has 0 aliphatic heterocycles. The van der Waals surface area contributed by atoms with Crippen LogP contribution in [0.15, 0.2) is 90.0 Å². The number of amides is 1. The molecule has 4 rings (SSSR count). The molecule has 0 saturated heterocycles. The van der Waals surface area contributed by atoms with Crippen LogP contribution in [0.1, 0.15) is 15.9 Å². The molecule has 170 valence electrons. The van der Waals surface area contributed by atoms with Gasteiger partial charge in [0.25, 0.3) is 5.91 Å². The van der Waals surface area contributed by atoms with Crippen molar-refractivity contribution < 1.29 is 19.1 Å². The molecule has 4 aromatic rings. The van der Waals surface area contributed by atoms with Gasteiger partial charge in [-0.05, 0) is 70.9 Å². The predicted molar refractivity (Wildman–Crippen MR) is 133 cm³/mol. The lowest BCUT2D eigenvalue weighted by molar-refractivity contribution is -0.123. The Morgan fingerprint density at radius 3 is 2.35 bits per heavy atom. The smallest absolute Gasteiger partial charge is 0.345 e. The van der Waals surface area contributed by atoms with Gasteiger partial charge in [-0.25, -0.2) is 10.2 Å². The second-order valence-electron chi connectivity index (χ2n) is 7.17. The fraction of sp³-hybridized carbons (Fsp3) is 0.0385. The van der Waals surface area contributed by atoms with E-state index in [1.807, 2.05) is 42.5 Å². The van der Waals surface area contributed by atoms with Gasteiger partial charge in [-0.2, -0.15) is 5.10 Å². The van der Waals surface area contributed by atoms with Gasteiger partial charge in [-0.3, -0.25) is 4.79 Å². The Labute approximate surface area is 205 Å². The zero-order chi connectivity index (χ0) is 23.9. The Morgan fingerprint density at radius 1 is 0.853 bits per heavy atom. The lowest BCUT2D eigenvalue weighted by Gasteiger charge is -2.07. The van der Waals surface area contributed by atoms with Crippen LogP contribution in [0.3, 0.4) is 0 Å². The standard InChI is InChI=1S/C26H18Cl2N2O4/c27-20-8-12-23(24(28)14-20)26(32)34-21-9-5-17(6-10-21)15-29-30-25(31)16-33-22-11-7-18-3-1-2-4-19(18)13-22/h1-15H,16H2,(H,30,31)/b29-15+. The van der Waals surface area contributed by atoms with Gasteiger partial charge in [0, 0.05) is 5.02 Å². The van der Waals surface area contributed by atoms with Gasteiger partial charge in [0.05, 0.1) is 16.8 Å². The number of hydrogen-bond donors (Lipinski definition) is 1. The van der Waals surface area contributed by atoms with Crippen LogP contribution >= 0.6 is 23.2 Å². The quantitative estimate of drug-likeness (QED) is 0.151. The molecule has 0 aromatic heterocycles. The third kappa shape index (κ3) is 6.13. The summed E-state index contributed by atoms with van der Waals surface area (Å²) in [6.45, 7) is -0.169. The number of hydrazone groups is 1. The number of fused-ring (bicyclic) bond motifs is 1. The van der Waals surface area contributed by atoms with Gasteiger partial charge in [-0.1, -0.05) is 53.5 Å². The van der Waals surface area contributed by atoms with Crippen molar-refractivity contribution in [2.24, 2.45) is 5.10 Å². The second-order valence-corrected chi connectivity index (χ2v) is 8.02. The summed E-state index contributed by atoms with van der Waals surface area (Å²) >= 11 is 11.9. The first-order chi connectivity index (χ1) is 16.5. The molecule has 0 aliphatic rings. The molecule has 0 aliphatic carbocycles. The van der Waals surface area contributed by atoms with Crippen molar-refractivity contribution in [1.82, 2.24) is 5.43 Å². The van der Waals surface area contributed by atoms with Crippen LogP contribution in [0.5, 0.6) is 11.5 Å². The van der Waals surface area contributed by atoms with Crippen LogP contribution in [0, 0.1) is 0 Å². The van der Waals surface area contributed by atoms with Crippen molar-refractivity contribution in [3.63, 3.8) is 0 Å². The summed E-state index contributed by atoms with van der Waals surface area (Å²) in [6.07, 6.45) is 1.47. The summed E-state index contributed by atoms with van der Waals surface area (Å²) < 4.78 is 10.9. The van der Waals surface area contributed by atoms with Crippen molar-refractivity contribution in [2.75, 3.05) is 6.61 Å². The molecule has 6 nitrogen and oxygen atoms in total. The van der Waals surface area contributed by atoms with Gasteiger partial charge in [0.15, 0.2) is 6.61 Å². The molecular weight excluding hydrogens is 475 g/mol. The van der Waals surface area contributed by atoms with Gasteiger partial charge in [-0.15, -0.1) is 0 Å². The van der Waals surface area contributed by atoms with E-state index >= 15 is 0 Å². The first-order valence-corrected chi connectivity index (χ1v) is 10.9. The molecule has 0 unspecified atom stereocenters. The highest BCUT2D eigenvalue weighted by Crippen LogP contribution is 2.23. The van der Waals surface area contributed by atoms with Crippen LogP contribution < -0.4 is 14.9 Å². The molecular formula is C26H18Cl2N2O4. The molecule has 0 atom stereocenters. The van der Waals surface area contributed by atoms with Crippen molar-refractivity contribution in [2.45, 2.75) is 0 Å². The molecule has 0 heterocycles. The van der Waals surface area contributed by atoms with Crippen molar-refractivity contribution >= 4 is 52.1 Å². The van der Waals surface area contributed by atoms with Gasteiger partial charge in [0.1, 0.15) is 11.5 Å². The van der Waals surface area contributed by atoms with E-state index in [0.29, 0.717) is 22.1 Å². The van der Waals surface area contributed by atoms with E-state index in [1.165, 1.54) is 18.3 Å². The maximum absolute atomic E-state index is 12.3. The molecule has 4 aromatic carbocycles. The fourth-order valence-electron chi connectivity index (χ4n) is 3.06. The topological polar surface area (TPSA) is 77.0 Å². The number of benzene rings is 4. The number of esters is 1. The number of rotatable bonds is 7. The minimum absolute atomic E-state index is 0.169. The maximum atomic E-state index is 12.3. The Balaban J connectivity index is 1.26. The summed E-state index contributed by atoms with van der Waals surface area (Å²) in [6, 6.07) is 24.6. The molecule has 8 heteroatoms. The minimum Gasteiger partial charge on any atom is -0.484 e. The first-order valence-electron chi connectivity index (χ1n) is 10.2. The summed E-state index contributed by atoms with van der Waals surface area (Å²) in [5.74, 6) is -0.0552. The van der Waals surface area contributed by atoms with Crippen molar-refractivity contribution in [3.8, 4) is 11.5 Å². The Hall–Kier alpha value is -3.87. The van der Waals surface area contributed by atoms with E-state index in [4.69, 9.17) is 32.7 Å². The Bertz CT molecular complexity index is 1370. The average Bonchev–Trinajstić information content (AvgIpc) is 2.83. The molecule has 0 saturated carbocycles. The lowest BCUT2D eigenvalue weighted by atomic mass is 10.1. The third-order valence-electron chi connectivity index (χ3n) is 4.74. The first kappa shape index (κ1) is 23.3. The molecule has 0 spiro atoms. The average molecular weight is 493 g/mol. The number of nitrogens with one attached hydrogen (secondary N) is 1. The van der Waals surface area contributed by atoms with E-state index in [1.54, 1.807) is 30.3 Å². The number of ether oxygens (including phenoxy) is 2. The molecule has 1 amide bonds. The maximum Gasteiger partial charge on any atom is 0.345 e. The summed E-state index contributed by atoms with van der Waals surface area (Å²) in [4.78, 5) is 24.3. The second kappa shape index (κ2) is 10.8. The number of nitrogens with zero attached hydrogens (tertiary/aromatic N) is 1. The van der Waals surface area contributed by atoms with E-state index in [9.17, 15) is 9.59 Å². The Kier molecular flexibility index (Phi) is 7.42. The van der Waals surface area contributed by atoms with Crippen LogP contribution in [0.4, 0.5) is 0 Å². The summed E-state index contributed by atoms with van der Waals surface area (Å²) in [5, 5.41) is 6.68. The van der Waals surface area contributed by atoms with Crippen LogP contribution in [-0.2, 0) is 4.79 Å². The normalized spacial score (nSPS) is 10.9. The summed E-state index contributed by atoms with van der Waals surface area (Å²) in [5.41, 5.74) is 3.32. The SMILES string of the molecule is O=C(COc1ccc2ccccc2c1)N/N=C/c1ccc(OC(=O)c2ccc(Cl)cc2Cl)cc1. The molecule has 0 radical (unpaired) electrons. The molecule has 1 N–H and O–H groups in total. The molecule has 34 heavy (non-hydrogen) atoms. The zero-order valence-electron chi connectivity index (χ0n) is 17.7. The lowest BCUT2D eigenvalue weighted by Crippen LogP contribution is -2.24. The van der Waals surface area contributed by atoms with E-state index in [-0.39, 0.29) is 17.2 Å². The third-order valence-corrected chi connectivity index (χ3v) is 5.28. The number of carbonyl (C=O) groups excluding carboxylic acids is 2. The Morgan fingerprint density at radius 2 is 1.59 bits per heavy atom. The largest absolute Gasteiger partial charge is 0.484 e. The van der Waals surface area contributed by atoms with Crippen molar-refractivity contribution in [3.05, 3.63) is 106 Å². The van der Waals surface area contributed by atoms with Crippen LogP contribution in [0.25, 0.3) is 10.8 Å². The van der Waals surface area contributed by atoms with Gasteiger partial charge < -0.3 is 9.47 Å². The van der Waals surface area contributed by atoms with Gasteiger partial charge >= 0.3 is 5.97 Å². The number of carbonyl (C=O) groups is 2. The number of hydrogen-bond acceptors (Lipinski definition) is 5. The van der Waals surface area contributed by atoms with E-state index in [2.05, 4.69) is 10.5 Å². The van der Waals surface area contributed by atoms with E-state index in [0.717, 1.165) is 10.8 Å². The monoisotopic (exact) mass is 492 g/mol. The van der Waals surface area contributed by atoms with Gasteiger partial charge in [0.2, 0.25) is 0 Å². The zero-order valence-corrected chi connectivity index (χ0v) is 19.2. The predicted octanol–water partition coefficient (Wildman–Crippen LogP) is 5.89. The molecule has 0 bridgehead atoms. The highest BCUT2D eigenvalue weighted by molar-refractivity contribution is 6.36. The molecule has 0 fully saturated rings.